The second-order valence-corrected chi connectivity index (χ2v) is 4.70. The molecule has 1 fully saturated rings. The molecule has 2 heterocycles. The van der Waals surface area contributed by atoms with Crippen LogP contribution < -0.4 is 0 Å². The van der Waals surface area contributed by atoms with Gasteiger partial charge in [0.2, 0.25) is 5.91 Å². The topological polar surface area (TPSA) is 46.6 Å². The van der Waals surface area contributed by atoms with E-state index in [4.69, 9.17) is 4.74 Å². The molecule has 0 N–H and O–H groups in total. The number of hydrogen-bond donors (Lipinski definition) is 0. The van der Waals surface area contributed by atoms with Crippen LogP contribution in [0.4, 0.5) is 0 Å². The van der Waals surface area contributed by atoms with Gasteiger partial charge in [-0.2, -0.15) is 0 Å². The minimum Gasteiger partial charge on any atom is -0.464 e. The Morgan fingerprint density at radius 2 is 2.57 bits per heavy atom. The first-order valence-electron chi connectivity index (χ1n) is 4.45. The van der Waals surface area contributed by atoms with Crippen molar-refractivity contribution in [2.24, 2.45) is 0 Å². The molecule has 1 saturated heterocycles. The number of carbonyl (C=O) groups excluding carboxylic acids is 2. The summed E-state index contributed by atoms with van der Waals surface area (Å²) in [5.41, 5.74) is 0. The Bertz CT molecular complexity index is 302. The third kappa shape index (κ3) is 1.77. The summed E-state index contributed by atoms with van der Waals surface area (Å²) in [6.45, 7) is 1.80. The summed E-state index contributed by atoms with van der Waals surface area (Å²) in [5.74, 6) is -0.0872. The molecule has 1 unspecified atom stereocenters. The van der Waals surface area contributed by atoms with Crippen LogP contribution in [0.5, 0.6) is 0 Å². The SMILES string of the molecule is CC(=O)OCC1C=CN2C(=O)C[C@H]2S1. The van der Waals surface area contributed by atoms with Gasteiger partial charge in [0.25, 0.3) is 0 Å². The summed E-state index contributed by atoms with van der Waals surface area (Å²) < 4.78 is 4.90. The smallest absolute Gasteiger partial charge is 0.302 e. The maximum absolute atomic E-state index is 11.0. The van der Waals surface area contributed by atoms with E-state index in [9.17, 15) is 9.59 Å². The van der Waals surface area contributed by atoms with Crippen LogP contribution in [0.1, 0.15) is 13.3 Å². The van der Waals surface area contributed by atoms with Gasteiger partial charge in [0.05, 0.1) is 17.0 Å². The number of ether oxygens (including phenoxy) is 1. The van der Waals surface area contributed by atoms with E-state index in [0.717, 1.165) is 0 Å². The van der Waals surface area contributed by atoms with Crippen molar-refractivity contribution < 1.29 is 14.3 Å². The number of esters is 1. The second kappa shape index (κ2) is 3.65. The minimum atomic E-state index is -0.258. The lowest BCUT2D eigenvalue weighted by atomic mass is 10.2. The Kier molecular flexibility index (Phi) is 2.50. The van der Waals surface area contributed by atoms with E-state index in [-0.39, 0.29) is 22.5 Å². The molecule has 0 radical (unpaired) electrons. The van der Waals surface area contributed by atoms with Crippen LogP contribution in [0.15, 0.2) is 12.3 Å². The van der Waals surface area contributed by atoms with Gasteiger partial charge in [-0.3, -0.25) is 9.59 Å². The van der Waals surface area contributed by atoms with Crippen molar-refractivity contribution in [3.05, 3.63) is 12.3 Å². The van der Waals surface area contributed by atoms with Gasteiger partial charge in [-0.05, 0) is 0 Å². The van der Waals surface area contributed by atoms with Crippen LogP contribution in [0.25, 0.3) is 0 Å². The fourth-order valence-electron chi connectivity index (χ4n) is 1.42. The number of hydrogen-bond acceptors (Lipinski definition) is 4. The lowest BCUT2D eigenvalue weighted by Gasteiger charge is -2.41. The van der Waals surface area contributed by atoms with Gasteiger partial charge in [-0.15, -0.1) is 11.8 Å². The predicted molar refractivity (Wildman–Crippen MR) is 52.4 cm³/mol. The van der Waals surface area contributed by atoms with E-state index in [1.54, 1.807) is 22.9 Å². The summed E-state index contributed by atoms with van der Waals surface area (Å²) in [7, 11) is 0. The Hall–Kier alpha value is -0.970. The van der Waals surface area contributed by atoms with Crippen LogP contribution in [-0.4, -0.2) is 34.0 Å². The Morgan fingerprint density at radius 1 is 1.79 bits per heavy atom. The fraction of sp³-hybridized carbons (Fsp3) is 0.556. The van der Waals surface area contributed by atoms with Gasteiger partial charge in [-0.1, -0.05) is 6.08 Å². The van der Waals surface area contributed by atoms with E-state index in [1.807, 2.05) is 6.08 Å². The average Bonchev–Trinajstić information content (AvgIpc) is 2.13. The number of amides is 1. The highest BCUT2D eigenvalue weighted by Gasteiger charge is 2.38. The molecule has 4 nitrogen and oxygen atoms in total. The first-order chi connectivity index (χ1) is 6.66. The molecule has 0 saturated carbocycles. The third-order valence-electron chi connectivity index (χ3n) is 2.19. The summed E-state index contributed by atoms with van der Waals surface area (Å²) >= 11 is 1.67. The number of β-lactam (4-membered cyclic amide) rings is 1. The molecule has 0 bridgehead atoms. The van der Waals surface area contributed by atoms with Crippen molar-refractivity contribution >= 4 is 23.6 Å². The zero-order valence-corrected chi connectivity index (χ0v) is 8.62. The normalized spacial score (nSPS) is 29.5. The standard InChI is InChI=1S/C9H11NO3S/c1-6(11)13-5-7-2-3-10-8(12)4-9(10)14-7/h2-3,7,9H,4-5H2,1H3/t7?,9-/m1/s1. The molecule has 1 amide bonds. The van der Waals surface area contributed by atoms with Gasteiger partial charge < -0.3 is 9.64 Å². The van der Waals surface area contributed by atoms with Gasteiger partial charge in [0.15, 0.2) is 0 Å². The van der Waals surface area contributed by atoms with E-state index in [0.29, 0.717) is 13.0 Å². The second-order valence-electron chi connectivity index (χ2n) is 3.28. The molecule has 2 rings (SSSR count). The molecule has 2 aliphatic rings. The van der Waals surface area contributed by atoms with Gasteiger partial charge in [0.1, 0.15) is 6.61 Å². The molecule has 76 valence electrons. The zero-order chi connectivity index (χ0) is 10.1. The van der Waals surface area contributed by atoms with Crippen molar-refractivity contribution in [1.82, 2.24) is 4.90 Å². The average molecular weight is 213 g/mol. The number of nitrogens with zero attached hydrogens (tertiary/aromatic N) is 1. The highest BCUT2D eigenvalue weighted by molar-refractivity contribution is 8.00. The predicted octanol–water partition coefficient (Wildman–Crippen LogP) is 0.737. The molecule has 0 aromatic heterocycles. The van der Waals surface area contributed by atoms with Gasteiger partial charge in [0, 0.05) is 13.1 Å². The molecule has 0 aromatic carbocycles. The Balaban J connectivity index is 1.86. The van der Waals surface area contributed by atoms with Crippen molar-refractivity contribution in [2.75, 3.05) is 6.61 Å². The molecular weight excluding hydrogens is 202 g/mol. The Labute approximate surface area is 86.3 Å². The van der Waals surface area contributed by atoms with Crippen LogP contribution in [0.2, 0.25) is 0 Å². The Morgan fingerprint density at radius 3 is 3.14 bits per heavy atom. The van der Waals surface area contributed by atoms with E-state index >= 15 is 0 Å². The quantitative estimate of drug-likeness (QED) is 0.501. The summed E-state index contributed by atoms with van der Waals surface area (Å²) in [4.78, 5) is 23.3. The number of fused-ring (bicyclic) bond motifs is 1. The molecule has 14 heavy (non-hydrogen) atoms. The number of thioether (sulfide) groups is 1. The first kappa shape index (κ1) is 9.58. The maximum Gasteiger partial charge on any atom is 0.302 e. The summed E-state index contributed by atoms with van der Waals surface area (Å²) in [6, 6.07) is 0. The monoisotopic (exact) mass is 213 g/mol. The molecule has 2 aliphatic heterocycles. The van der Waals surface area contributed by atoms with Crippen molar-refractivity contribution in [1.29, 1.82) is 0 Å². The molecule has 0 aromatic rings. The summed E-state index contributed by atoms with van der Waals surface area (Å²) in [5, 5.41) is 0.446. The number of carbonyl (C=O) groups is 2. The lowest BCUT2D eigenvalue weighted by molar-refractivity contribution is -0.141. The molecule has 0 spiro atoms. The van der Waals surface area contributed by atoms with E-state index in [1.165, 1.54) is 6.92 Å². The lowest BCUT2D eigenvalue weighted by Crippen LogP contribution is -2.49. The number of rotatable bonds is 2. The van der Waals surface area contributed by atoms with Crippen LogP contribution in [0, 0.1) is 0 Å². The van der Waals surface area contributed by atoms with E-state index in [2.05, 4.69) is 0 Å². The van der Waals surface area contributed by atoms with Gasteiger partial charge in [-0.25, -0.2) is 0 Å². The fourth-order valence-corrected chi connectivity index (χ4v) is 2.69. The summed E-state index contributed by atoms with van der Waals surface area (Å²) in [6.07, 6.45) is 4.30. The largest absolute Gasteiger partial charge is 0.464 e. The van der Waals surface area contributed by atoms with E-state index < -0.39 is 0 Å². The molecule has 2 atom stereocenters. The van der Waals surface area contributed by atoms with Crippen LogP contribution in [0.3, 0.4) is 0 Å². The van der Waals surface area contributed by atoms with Crippen molar-refractivity contribution in [3.8, 4) is 0 Å². The zero-order valence-electron chi connectivity index (χ0n) is 7.80. The van der Waals surface area contributed by atoms with Crippen LogP contribution >= 0.6 is 11.8 Å². The molecular formula is C9H11NO3S. The highest BCUT2D eigenvalue weighted by Crippen LogP contribution is 2.36. The van der Waals surface area contributed by atoms with Crippen LogP contribution in [-0.2, 0) is 14.3 Å². The molecule has 0 aliphatic carbocycles. The first-order valence-corrected chi connectivity index (χ1v) is 5.39. The van der Waals surface area contributed by atoms with Gasteiger partial charge >= 0.3 is 5.97 Å². The highest BCUT2D eigenvalue weighted by atomic mass is 32.2. The van der Waals surface area contributed by atoms with Crippen molar-refractivity contribution in [2.45, 2.75) is 24.0 Å². The van der Waals surface area contributed by atoms with Crippen molar-refractivity contribution in [3.63, 3.8) is 0 Å². The third-order valence-corrected chi connectivity index (χ3v) is 3.54. The maximum atomic E-state index is 11.0. The minimum absolute atomic E-state index is 0.171. The molecule has 5 heteroatoms.